The second-order valence-corrected chi connectivity index (χ2v) is 4.93. The number of aliphatic hydroxyl groups excluding tert-OH is 1. The van der Waals surface area contributed by atoms with Crippen LogP contribution in [0.1, 0.15) is 30.9 Å². The first kappa shape index (κ1) is 14.2. The minimum atomic E-state index is -0.667. The van der Waals surface area contributed by atoms with Gasteiger partial charge in [0.1, 0.15) is 17.6 Å². The Morgan fingerprint density at radius 1 is 1.26 bits per heavy atom. The summed E-state index contributed by atoms with van der Waals surface area (Å²) in [6, 6.07) is 5.39. The van der Waals surface area contributed by atoms with E-state index in [4.69, 9.17) is 14.2 Å². The summed E-state index contributed by atoms with van der Waals surface area (Å²) in [5.41, 5.74) is 0.731. The Hall–Kier alpha value is -1.26. The Morgan fingerprint density at radius 3 is 2.68 bits per heavy atom. The molecule has 4 nitrogen and oxygen atoms in total. The topological polar surface area (TPSA) is 47.9 Å². The Balaban J connectivity index is 1.87. The van der Waals surface area contributed by atoms with Crippen molar-refractivity contribution in [2.45, 2.75) is 25.4 Å². The molecule has 4 heteroatoms. The van der Waals surface area contributed by atoms with Gasteiger partial charge in [-0.15, -0.1) is 0 Å². The molecule has 1 N–H and O–H groups in total. The standard InChI is InChI=1S/C15H22O4/c1-17-12-5-6-13(15(9-12)18-2)14(16)10-19-8-7-11-3-4-11/h5-6,9,11,14,16H,3-4,7-8,10H2,1-2H3. The molecule has 0 saturated heterocycles. The Bertz CT molecular complexity index is 401. The van der Waals surface area contributed by atoms with E-state index in [2.05, 4.69) is 0 Å². The van der Waals surface area contributed by atoms with Crippen molar-refractivity contribution < 1.29 is 19.3 Å². The Kier molecular flexibility index (Phi) is 5.05. The van der Waals surface area contributed by atoms with Crippen molar-refractivity contribution in [2.24, 2.45) is 5.92 Å². The van der Waals surface area contributed by atoms with Gasteiger partial charge in [0, 0.05) is 18.2 Å². The number of rotatable bonds is 8. The van der Waals surface area contributed by atoms with E-state index in [1.54, 1.807) is 20.3 Å². The maximum Gasteiger partial charge on any atom is 0.128 e. The van der Waals surface area contributed by atoms with Crippen molar-refractivity contribution >= 4 is 0 Å². The molecule has 0 aromatic heterocycles. The molecule has 0 radical (unpaired) electrons. The predicted molar refractivity (Wildman–Crippen MR) is 72.7 cm³/mol. The van der Waals surface area contributed by atoms with Crippen molar-refractivity contribution in [3.63, 3.8) is 0 Å². The van der Waals surface area contributed by atoms with E-state index in [1.807, 2.05) is 12.1 Å². The fourth-order valence-electron chi connectivity index (χ4n) is 2.03. The summed E-state index contributed by atoms with van der Waals surface area (Å²) in [7, 11) is 3.19. The average Bonchev–Trinajstić information content (AvgIpc) is 3.26. The SMILES string of the molecule is COc1ccc(C(O)COCCC2CC2)c(OC)c1. The number of hydrogen-bond acceptors (Lipinski definition) is 4. The van der Waals surface area contributed by atoms with Crippen molar-refractivity contribution in [2.75, 3.05) is 27.4 Å². The van der Waals surface area contributed by atoms with Gasteiger partial charge in [0.2, 0.25) is 0 Å². The summed E-state index contributed by atoms with van der Waals surface area (Å²) >= 11 is 0. The van der Waals surface area contributed by atoms with Crippen molar-refractivity contribution in [3.05, 3.63) is 23.8 Å². The van der Waals surface area contributed by atoms with Crippen molar-refractivity contribution in [3.8, 4) is 11.5 Å². The number of methoxy groups -OCH3 is 2. The van der Waals surface area contributed by atoms with Crippen LogP contribution in [0.25, 0.3) is 0 Å². The maximum absolute atomic E-state index is 10.1. The number of ether oxygens (including phenoxy) is 3. The zero-order valence-corrected chi connectivity index (χ0v) is 11.6. The van der Waals surface area contributed by atoms with Crippen LogP contribution in [0.15, 0.2) is 18.2 Å². The molecule has 0 spiro atoms. The molecule has 0 heterocycles. The molecule has 1 saturated carbocycles. The normalized spacial score (nSPS) is 16.2. The van der Waals surface area contributed by atoms with Crippen LogP contribution in [-0.2, 0) is 4.74 Å². The first-order valence-electron chi connectivity index (χ1n) is 6.72. The Labute approximate surface area is 114 Å². The zero-order valence-electron chi connectivity index (χ0n) is 11.6. The van der Waals surface area contributed by atoms with Crippen LogP contribution >= 0.6 is 0 Å². The third-order valence-electron chi connectivity index (χ3n) is 3.44. The first-order valence-corrected chi connectivity index (χ1v) is 6.72. The van der Waals surface area contributed by atoms with Gasteiger partial charge in [-0.05, 0) is 24.5 Å². The third-order valence-corrected chi connectivity index (χ3v) is 3.44. The molecule has 106 valence electrons. The summed E-state index contributed by atoms with van der Waals surface area (Å²) < 4.78 is 15.9. The third kappa shape index (κ3) is 4.11. The van der Waals surface area contributed by atoms with Gasteiger partial charge >= 0.3 is 0 Å². The molecule has 19 heavy (non-hydrogen) atoms. The molecule has 0 amide bonds. The van der Waals surface area contributed by atoms with Crippen LogP contribution in [0.2, 0.25) is 0 Å². The van der Waals surface area contributed by atoms with E-state index >= 15 is 0 Å². The van der Waals surface area contributed by atoms with E-state index in [9.17, 15) is 5.11 Å². The van der Waals surface area contributed by atoms with Crippen LogP contribution < -0.4 is 9.47 Å². The van der Waals surface area contributed by atoms with E-state index < -0.39 is 6.10 Å². The zero-order chi connectivity index (χ0) is 13.7. The van der Waals surface area contributed by atoms with E-state index in [1.165, 1.54) is 12.8 Å². The van der Waals surface area contributed by atoms with Gasteiger partial charge in [0.25, 0.3) is 0 Å². The van der Waals surface area contributed by atoms with Crippen LogP contribution in [-0.4, -0.2) is 32.5 Å². The predicted octanol–water partition coefficient (Wildman–Crippen LogP) is 2.55. The van der Waals surface area contributed by atoms with E-state index in [-0.39, 0.29) is 0 Å². The van der Waals surface area contributed by atoms with Gasteiger partial charge in [-0.2, -0.15) is 0 Å². The summed E-state index contributed by atoms with van der Waals surface area (Å²) in [5, 5.41) is 10.1. The molecule has 1 aliphatic carbocycles. The van der Waals surface area contributed by atoms with Gasteiger partial charge in [-0.1, -0.05) is 12.8 Å². The molecule has 1 aliphatic rings. The highest BCUT2D eigenvalue weighted by Gasteiger charge is 2.21. The quantitative estimate of drug-likeness (QED) is 0.735. The molecule has 2 rings (SSSR count). The van der Waals surface area contributed by atoms with Gasteiger partial charge in [0.15, 0.2) is 0 Å². The van der Waals surface area contributed by atoms with Crippen molar-refractivity contribution in [1.29, 1.82) is 0 Å². The molecule has 1 fully saturated rings. The largest absolute Gasteiger partial charge is 0.497 e. The molecule has 1 aromatic carbocycles. The highest BCUT2D eigenvalue weighted by Crippen LogP contribution is 2.32. The lowest BCUT2D eigenvalue weighted by atomic mass is 10.1. The van der Waals surface area contributed by atoms with Crippen LogP contribution in [0, 0.1) is 5.92 Å². The second-order valence-electron chi connectivity index (χ2n) is 4.93. The van der Waals surface area contributed by atoms with Crippen molar-refractivity contribution in [1.82, 2.24) is 0 Å². The fraction of sp³-hybridized carbons (Fsp3) is 0.600. The van der Waals surface area contributed by atoms with Gasteiger partial charge in [-0.3, -0.25) is 0 Å². The molecule has 1 aromatic rings. The summed E-state index contributed by atoms with van der Waals surface area (Å²) in [6.07, 6.45) is 3.10. The molecule has 1 unspecified atom stereocenters. The number of hydrogen-bond donors (Lipinski definition) is 1. The maximum atomic E-state index is 10.1. The highest BCUT2D eigenvalue weighted by molar-refractivity contribution is 5.41. The van der Waals surface area contributed by atoms with E-state index in [0.717, 1.165) is 24.5 Å². The van der Waals surface area contributed by atoms with Gasteiger partial charge < -0.3 is 19.3 Å². The first-order chi connectivity index (χ1) is 9.24. The Morgan fingerprint density at radius 2 is 2.05 bits per heavy atom. The second kappa shape index (κ2) is 6.78. The highest BCUT2D eigenvalue weighted by atomic mass is 16.5. The average molecular weight is 266 g/mol. The monoisotopic (exact) mass is 266 g/mol. The number of aliphatic hydroxyl groups is 1. The van der Waals surface area contributed by atoms with Crippen LogP contribution in [0.4, 0.5) is 0 Å². The van der Waals surface area contributed by atoms with Crippen LogP contribution in [0.3, 0.4) is 0 Å². The lowest BCUT2D eigenvalue weighted by molar-refractivity contribution is 0.0325. The van der Waals surface area contributed by atoms with Gasteiger partial charge in [0.05, 0.1) is 20.8 Å². The summed E-state index contributed by atoms with van der Waals surface area (Å²) in [4.78, 5) is 0. The summed E-state index contributed by atoms with van der Waals surface area (Å²) in [6.45, 7) is 1.02. The lowest BCUT2D eigenvalue weighted by Crippen LogP contribution is -2.09. The minimum Gasteiger partial charge on any atom is -0.497 e. The van der Waals surface area contributed by atoms with Crippen LogP contribution in [0.5, 0.6) is 11.5 Å². The fourth-order valence-corrected chi connectivity index (χ4v) is 2.03. The molecular weight excluding hydrogens is 244 g/mol. The number of benzene rings is 1. The molecule has 0 aliphatic heterocycles. The molecule has 1 atom stereocenters. The lowest BCUT2D eigenvalue weighted by Gasteiger charge is -2.16. The molecular formula is C15H22O4. The summed E-state index contributed by atoms with van der Waals surface area (Å²) in [5.74, 6) is 2.19. The smallest absolute Gasteiger partial charge is 0.128 e. The molecule has 0 bridgehead atoms. The van der Waals surface area contributed by atoms with Gasteiger partial charge in [-0.25, -0.2) is 0 Å². The van der Waals surface area contributed by atoms with E-state index in [0.29, 0.717) is 18.1 Å². The minimum absolute atomic E-state index is 0.301.